The van der Waals surface area contributed by atoms with Crippen LogP contribution in [0.2, 0.25) is 0 Å². The number of halogens is 2. The zero-order valence-corrected chi connectivity index (χ0v) is 13.4. The fourth-order valence-electron chi connectivity index (χ4n) is 1.85. The molecule has 2 aromatic rings. The second-order valence-electron chi connectivity index (χ2n) is 4.90. The van der Waals surface area contributed by atoms with Gasteiger partial charge in [0.25, 0.3) is 0 Å². The van der Waals surface area contributed by atoms with Crippen molar-refractivity contribution < 1.29 is 13.6 Å². The molecule has 0 saturated heterocycles. The Balaban J connectivity index is 1.83. The number of rotatable bonds is 6. The van der Waals surface area contributed by atoms with Crippen LogP contribution < -0.4 is 5.32 Å². The number of thioether (sulfide) groups is 1. The highest BCUT2D eigenvalue weighted by atomic mass is 32.2. The molecule has 2 aromatic carbocycles. The first-order chi connectivity index (χ1) is 11.1. The highest BCUT2D eigenvalue weighted by Gasteiger charge is 2.15. The Bertz CT molecular complexity index is 689. The van der Waals surface area contributed by atoms with Gasteiger partial charge in [-0.15, -0.1) is 11.8 Å². The molecule has 0 aliphatic heterocycles. The van der Waals surface area contributed by atoms with E-state index in [-0.39, 0.29) is 16.8 Å². The molecule has 0 aliphatic rings. The molecule has 0 spiro atoms. The third-order valence-electron chi connectivity index (χ3n) is 3.11. The zero-order chi connectivity index (χ0) is 16.7. The van der Waals surface area contributed by atoms with Crippen LogP contribution >= 0.6 is 11.8 Å². The number of anilines is 1. The summed E-state index contributed by atoms with van der Waals surface area (Å²) in [6.07, 6.45) is 3.94. The molecule has 0 fully saturated rings. The van der Waals surface area contributed by atoms with Crippen LogP contribution in [0.15, 0.2) is 54.6 Å². The van der Waals surface area contributed by atoms with Crippen LogP contribution in [-0.4, -0.2) is 16.9 Å². The van der Waals surface area contributed by atoms with Crippen molar-refractivity contribution in [3.8, 4) is 0 Å². The van der Waals surface area contributed by atoms with Crippen molar-refractivity contribution in [2.45, 2.75) is 12.2 Å². The van der Waals surface area contributed by atoms with Gasteiger partial charge >= 0.3 is 0 Å². The van der Waals surface area contributed by atoms with Gasteiger partial charge in [0.15, 0.2) is 0 Å². The lowest BCUT2D eigenvalue weighted by Gasteiger charge is -2.11. The summed E-state index contributed by atoms with van der Waals surface area (Å²) < 4.78 is 26.6. The Kier molecular flexibility index (Phi) is 6.35. The summed E-state index contributed by atoms with van der Waals surface area (Å²) in [6.45, 7) is 1.73. The van der Waals surface area contributed by atoms with Gasteiger partial charge < -0.3 is 5.32 Å². The molecule has 1 atom stereocenters. The third kappa shape index (κ3) is 5.53. The number of benzene rings is 2. The summed E-state index contributed by atoms with van der Waals surface area (Å²) in [5.74, 6) is -0.948. The molecular formula is C18H17F2NOS. The number of carbonyl (C=O) groups is 1. The van der Waals surface area contributed by atoms with E-state index in [1.807, 2.05) is 42.5 Å². The topological polar surface area (TPSA) is 29.1 Å². The quantitative estimate of drug-likeness (QED) is 0.827. The number of carbonyl (C=O) groups excluding carboxylic acids is 1. The lowest BCUT2D eigenvalue weighted by molar-refractivity contribution is -0.115. The summed E-state index contributed by atoms with van der Waals surface area (Å²) in [4.78, 5) is 12.0. The Morgan fingerprint density at radius 1 is 1.22 bits per heavy atom. The van der Waals surface area contributed by atoms with Crippen LogP contribution in [0.1, 0.15) is 12.5 Å². The number of hydrogen-bond donors (Lipinski definition) is 1. The van der Waals surface area contributed by atoms with Crippen molar-refractivity contribution in [3.63, 3.8) is 0 Å². The van der Waals surface area contributed by atoms with Crippen molar-refractivity contribution in [2.24, 2.45) is 0 Å². The maximum atomic E-state index is 13.5. The van der Waals surface area contributed by atoms with Gasteiger partial charge in [0.2, 0.25) is 5.91 Å². The smallest absolute Gasteiger partial charge is 0.237 e. The van der Waals surface area contributed by atoms with Gasteiger partial charge in [-0.25, -0.2) is 8.78 Å². The van der Waals surface area contributed by atoms with Crippen LogP contribution in [0, 0.1) is 11.6 Å². The predicted molar refractivity (Wildman–Crippen MR) is 92.4 cm³/mol. The van der Waals surface area contributed by atoms with Gasteiger partial charge in [-0.05, 0) is 24.6 Å². The number of nitrogens with one attached hydrogen (secondary N) is 1. The van der Waals surface area contributed by atoms with Gasteiger partial charge in [-0.3, -0.25) is 4.79 Å². The second kappa shape index (κ2) is 8.48. The van der Waals surface area contributed by atoms with Crippen molar-refractivity contribution in [3.05, 3.63) is 71.8 Å². The first-order valence-electron chi connectivity index (χ1n) is 7.15. The molecule has 23 heavy (non-hydrogen) atoms. The Morgan fingerprint density at radius 2 is 1.96 bits per heavy atom. The maximum absolute atomic E-state index is 13.5. The summed E-state index contributed by atoms with van der Waals surface area (Å²) >= 11 is 1.42. The van der Waals surface area contributed by atoms with E-state index in [4.69, 9.17) is 0 Å². The highest BCUT2D eigenvalue weighted by molar-refractivity contribution is 8.00. The predicted octanol–water partition coefficient (Wildman–Crippen LogP) is 4.74. The molecule has 2 rings (SSSR count). The monoisotopic (exact) mass is 333 g/mol. The van der Waals surface area contributed by atoms with E-state index in [0.717, 1.165) is 23.8 Å². The largest absolute Gasteiger partial charge is 0.323 e. The molecule has 0 saturated carbocycles. The van der Waals surface area contributed by atoms with Gasteiger partial charge in [0, 0.05) is 11.8 Å². The minimum atomic E-state index is -0.652. The summed E-state index contributed by atoms with van der Waals surface area (Å²) in [5.41, 5.74) is 0.953. The van der Waals surface area contributed by atoms with Gasteiger partial charge in [-0.1, -0.05) is 42.5 Å². The lowest BCUT2D eigenvalue weighted by atomic mass is 10.2. The number of amides is 1. The molecule has 1 N–H and O–H groups in total. The SMILES string of the molecule is C[C@@H](SC/C=C/c1ccccc1)C(=O)Nc1cc(F)ccc1F. The van der Waals surface area contributed by atoms with E-state index in [1.165, 1.54) is 11.8 Å². The molecule has 0 aromatic heterocycles. The summed E-state index contributed by atoms with van der Waals surface area (Å²) in [7, 11) is 0. The van der Waals surface area contributed by atoms with Crippen molar-refractivity contribution in [2.75, 3.05) is 11.1 Å². The van der Waals surface area contributed by atoms with Crippen LogP contribution in [0.5, 0.6) is 0 Å². The van der Waals surface area contributed by atoms with E-state index >= 15 is 0 Å². The molecule has 120 valence electrons. The molecule has 5 heteroatoms. The summed E-state index contributed by atoms with van der Waals surface area (Å²) in [5, 5.41) is 2.03. The molecule has 0 bridgehead atoms. The first-order valence-corrected chi connectivity index (χ1v) is 8.20. The van der Waals surface area contributed by atoms with Gasteiger partial charge in [-0.2, -0.15) is 0 Å². The average Bonchev–Trinajstić information content (AvgIpc) is 2.55. The second-order valence-corrected chi connectivity index (χ2v) is 6.28. The lowest BCUT2D eigenvalue weighted by Crippen LogP contribution is -2.23. The normalized spacial score (nSPS) is 12.3. The van der Waals surface area contributed by atoms with E-state index in [1.54, 1.807) is 6.92 Å². The van der Waals surface area contributed by atoms with Crippen LogP contribution in [0.25, 0.3) is 6.08 Å². The van der Waals surface area contributed by atoms with E-state index in [9.17, 15) is 13.6 Å². The van der Waals surface area contributed by atoms with Crippen molar-refractivity contribution in [1.29, 1.82) is 0 Å². The molecule has 0 heterocycles. The molecule has 0 aliphatic carbocycles. The first kappa shape index (κ1) is 17.2. The zero-order valence-electron chi connectivity index (χ0n) is 12.6. The van der Waals surface area contributed by atoms with E-state index in [2.05, 4.69) is 5.32 Å². The van der Waals surface area contributed by atoms with E-state index < -0.39 is 11.6 Å². The van der Waals surface area contributed by atoms with Gasteiger partial charge in [0.05, 0.1) is 10.9 Å². The average molecular weight is 333 g/mol. The minimum Gasteiger partial charge on any atom is -0.323 e. The fraction of sp³-hybridized carbons (Fsp3) is 0.167. The standard InChI is InChI=1S/C18H17F2NOS/c1-13(23-11-5-8-14-6-3-2-4-7-14)18(22)21-17-12-15(19)9-10-16(17)20/h2-10,12-13H,11H2,1H3,(H,21,22)/b8-5+/t13-/m1/s1. The molecule has 0 radical (unpaired) electrons. The molecule has 2 nitrogen and oxygen atoms in total. The fourth-order valence-corrected chi connectivity index (χ4v) is 2.56. The molecular weight excluding hydrogens is 316 g/mol. The number of hydrogen-bond acceptors (Lipinski definition) is 2. The third-order valence-corrected chi connectivity index (χ3v) is 4.21. The Morgan fingerprint density at radius 3 is 2.70 bits per heavy atom. The van der Waals surface area contributed by atoms with Crippen LogP contribution in [-0.2, 0) is 4.79 Å². The van der Waals surface area contributed by atoms with E-state index in [0.29, 0.717) is 5.75 Å². The van der Waals surface area contributed by atoms with Crippen LogP contribution in [0.4, 0.5) is 14.5 Å². The summed E-state index contributed by atoms with van der Waals surface area (Å²) in [6, 6.07) is 12.8. The Hall–Kier alpha value is -2.14. The van der Waals surface area contributed by atoms with Crippen molar-refractivity contribution in [1.82, 2.24) is 0 Å². The minimum absolute atomic E-state index is 0.137. The highest BCUT2D eigenvalue weighted by Crippen LogP contribution is 2.18. The van der Waals surface area contributed by atoms with Crippen LogP contribution in [0.3, 0.4) is 0 Å². The van der Waals surface area contributed by atoms with Crippen molar-refractivity contribution >= 4 is 29.4 Å². The Labute approximate surface area is 138 Å². The maximum Gasteiger partial charge on any atom is 0.237 e. The molecule has 0 unspecified atom stereocenters. The molecule has 1 amide bonds. The van der Waals surface area contributed by atoms with Gasteiger partial charge in [0.1, 0.15) is 11.6 Å².